The fraction of sp³-hybridized carbons (Fsp3) is 0.917. The summed E-state index contributed by atoms with van der Waals surface area (Å²) in [4.78, 5) is 13.9. The Balaban J connectivity index is 0.00000128. The van der Waals surface area contributed by atoms with Gasteiger partial charge in [0.05, 0.1) is 0 Å². The molecule has 2 aliphatic rings. The summed E-state index contributed by atoms with van der Waals surface area (Å²) in [6.07, 6.45) is 6.82. The molecule has 1 aliphatic carbocycles. The molecule has 0 bridgehead atoms. The van der Waals surface area contributed by atoms with Crippen LogP contribution >= 0.6 is 12.4 Å². The summed E-state index contributed by atoms with van der Waals surface area (Å²) in [7, 11) is 1.99. The number of carbonyl (C=O) groups excluding carboxylic acids is 1. The van der Waals surface area contributed by atoms with Gasteiger partial charge in [-0.05, 0) is 51.1 Å². The first-order chi connectivity index (χ1) is 7.27. The van der Waals surface area contributed by atoms with Crippen LogP contribution in [-0.2, 0) is 4.79 Å². The Labute approximate surface area is 104 Å². The first kappa shape index (κ1) is 13.8. The van der Waals surface area contributed by atoms with E-state index in [1.807, 2.05) is 11.9 Å². The third-order valence-electron chi connectivity index (χ3n) is 3.65. The molecule has 94 valence electrons. The van der Waals surface area contributed by atoms with Crippen LogP contribution in [0, 0.1) is 5.92 Å². The molecule has 0 spiro atoms. The molecule has 2 rings (SSSR count). The van der Waals surface area contributed by atoms with Crippen LogP contribution in [0.15, 0.2) is 0 Å². The number of amides is 1. The van der Waals surface area contributed by atoms with Gasteiger partial charge in [-0.1, -0.05) is 0 Å². The van der Waals surface area contributed by atoms with Crippen molar-refractivity contribution in [3.05, 3.63) is 0 Å². The second-order valence-corrected chi connectivity index (χ2v) is 4.99. The van der Waals surface area contributed by atoms with Gasteiger partial charge in [0.15, 0.2) is 0 Å². The molecule has 2 fully saturated rings. The Morgan fingerprint density at radius 2 is 2.00 bits per heavy atom. The highest BCUT2D eigenvalue weighted by atomic mass is 35.5. The third-order valence-corrected chi connectivity index (χ3v) is 3.65. The molecule has 0 aromatic carbocycles. The Morgan fingerprint density at radius 3 is 2.69 bits per heavy atom. The zero-order chi connectivity index (χ0) is 10.7. The summed E-state index contributed by atoms with van der Waals surface area (Å²) in [6.45, 7) is 2.17. The lowest BCUT2D eigenvalue weighted by Crippen LogP contribution is -2.37. The van der Waals surface area contributed by atoms with Gasteiger partial charge >= 0.3 is 0 Å². The summed E-state index contributed by atoms with van der Waals surface area (Å²) in [5, 5.41) is 3.39. The molecule has 1 unspecified atom stereocenters. The van der Waals surface area contributed by atoms with Crippen LogP contribution in [-0.4, -0.2) is 37.0 Å². The van der Waals surface area contributed by atoms with Gasteiger partial charge in [-0.2, -0.15) is 0 Å². The van der Waals surface area contributed by atoms with E-state index in [4.69, 9.17) is 0 Å². The van der Waals surface area contributed by atoms with Crippen molar-refractivity contribution >= 4 is 18.3 Å². The number of halogens is 1. The molecule has 16 heavy (non-hydrogen) atoms. The first-order valence-corrected chi connectivity index (χ1v) is 6.24. The van der Waals surface area contributed by atoms with E-state index >= 15 is 0 Å². The van der Waals surface area contributed by atoms with Crippen LogP contribution in [0.1, 0.15) is 38.5 Å². The Hall–Kier alpha value is -0.280. The van der Waals surface area contributed by atoms with Crippen molar-refractivity contribution in [1.29, 1.82) is 0 Å². The van der Waals surface area contributed by atoms with E-state index in [0.29, 0.717) is 17.9 Å². The number of hydrogen-bond acceptors (Lipinski definition) is 2. The summed E-state index contributed by atoms with van der Waals surface area (Å²) >= 11 is 0. The summed E-state index contributed by atoms with van der Waals surface area (Å²) in [5.74, 6) is 1.08. The average Bonchev–Trinajstić information content (AvgIpc) is 3.01. The fourth-order valence-electron chi connectivity index (χ4n) is 2.30. The van der Waals surface area contributed by atoms with Crippen LogP contribution in [0.3, 0.4) is 0 Å². The summed E-state index contributed by atoms with van der Waals surface area (Å²) in [5.41, 5.74) is 0. The van der Waals surface area contributed by atoms with E-state index in [1.165, 1.54) is 25.7 Å². The quantitative estimate of drug-likeness (QED) is 0.824. The lowest BCUT2D eigenvalue weighted by molar-refractivity contribution is -0.132. The van der Waals surface area contributed by atoms with Crippen LogP contribution in [0.4, 0.5) is 0 Å². The van der Waals surface area contributed by atoms with E-state index in [-0.39, 0.29) is 12.4 Å². The largest absolute Gasteiger partial charge is 0.343 e. The minimum Gasteiger partial charge on any atom is -0.343 e. The lowest BCUT2D eigenvalue weighted by atomic mass is 10.1. The minimum atomic E-state index is 0. The van der Waals surface area contributed by atoms with Gasteiger partial charge in [-0.25, -0.2) is 0 Å². The van der Waals surface area contributed by atoms with Crippen molar-refractivity contribution in [3.8, 4) is 0 Å². The number of nitrogens with one attached hydrogen (secondary N) is 1. The maximum atomic E-state index is 11.9. The molecular weight excluding hydrogens is 224 g/mol. The van der Waals surface area contributed by atoms with Gasteiger partial charge in [-0.15, -0.1) is 12.4 Å². The summed E-state index contributed by atoms with van der Waals surface area (Å²) < 4.78 is 0. The highest BCUT2D eigenvalue weighted by Gasteiger charge is 2.28. The highest BCUT2D eigenvalue weighted by molar-refractivity contribution is 5.85. The van der Waals surface area contributed by atoms with Crippen LogP contribution in [0.25, 0.3) is 0 Å². The van der Waals surface area contributed by atoms with Gasteiger partial charge in [0.1, 0.15) is 0 Å². The summed E-state index contributed by atoms with van der Waals surface area (Å²) in [6, 6.07) is 0.478. The first-order valence-electron chi connectivity index (χ1n) is 6.24. The van der Waals surface area contributed by atoms with E-state index in [9.17, 15) is 4.79 Å². The lowest BCUT2D eigenvalue weighted by Gasteiger charge is -2.27. The standard InChI is InChI=1S/C12H22N2O.ClH/c1-14(12(15)9-10-4-5-10)11-3-2-7-13-8-6-11;/h10-11,13H,2-9H2,1H3;1H. The van der Waals surface area contributed by atoms with Gasteiger partial charge in [0.25, 0.3) is 0 Å². The SMILES string of the molecule is CN(C(=O)CC1CC1)C1CCCNCC1.Cl. The van der Waals surface area contributed by atoms with Gasteiger partial charge in [-0.3, -0.25) is 4.79 Å². The topological polar surface area (TPSA) is 32.3 Å². The van der Waals surface area contributed by atoms with E-state index < -0.39 is 0 Å². The molecule has 1 saturated heterocycles. The molecule has 1 heterocycles. The molecule has 1 aliphatic heterocycles. The van der Waals surface area contributed by atoms with Crippen molar-refractivity contribution in [2.24, 2.45) is 5.92 Å². The number of carbonyl (C=O) groups is 1. The zero-order valence-corrected chi connectivity index (χ0v) is 10.9. The predicted molar refractivity (Wildman–Crippen MR) is 67.9 cm³/mol. The van der Waals surface area contributed by atoms with E-state index in [0.717, 1.165) is 25.9 Å². The van der Waals surface area contributed by atoms with Crippen molar-refractivity contribution < 1.29 is 4.79 Å². The monoisotopic (exact) mass is 246 g/mol. The van der Waals surface area contributed by atoms with Gasteiger partial charge in [0, 0.05) is 19.5 Å². The van der Waals surface area contributed by atoms with Crippen molar-refractivity contribution in [1.82, 2.24) is 10.2 Å². The van der Waals surface area contributed by atoms with Gasteiger partial charge in [0.2, 0.25) is 5.91 Å². The average molecular weight is 247 g/mol. The Morgan fingerprint density at radius 1 is 1.25 bits per heavy atom. The molecule has 1 saturated carbocycles. The Bertz CT molecular complexity index is 223. The molecular formula is C12H23ClN2O. The molecule has 1 amide bonds. The Kier molecular flexibility index (Phi) is 5.56. The van der Waals surface area contributed by atoms with Crippen LogP contribution in [0.2, 0.25) is 0 Å². The zero-order valence-electron chi connectivity index (χ0n) is 10.1. The highest BCUT2D eigenvalue weighted by Crippen LogP contribution is 2.33. The van der Waals surface area contributed by atoms with E-state index in [1.54, 1.807) is 0 Å². The van der Waals surface area contributed by atoms with Crippen molar-refractivity contribution in [2.45, 2.75) is 44.6 Å². The molecule has 4 heteroatoms. The molecule has 0 radical (unpaired) electrons. The maximum absolute atomic E-state index is 11.9. The van der Waals surface area contributed by atoms with Crippen molar-refractivity contribution in [3.63, 3.8) is 0 Å². The van der Waals surface area contributed by atoms with E-state index in [2.05, 4.69) is 5.32 Å². The smallest absolute Gasteiger partial charge is 0.222 e. The van der Waals surface area contributed by atoms with Crippen LogP contribution < -0.4 is 5.32 Å². The fourth-order valence-corrected chi connectivity index (χ4v) is 2.30. The molecule has 0 aromatic rings. The van der Waals surface area contributed by atoms with Gasteiger partial charge < -0.3 is 10.2 Å². The number of rotatable bonds is 3. The predicted octanol–water partition coefficient (Wildman–Crippen LogP) is 1.81. The molecule has 3 nitrogen and oxygen atoms in total. The minimum absolute atomic E-state index is 0. The normalized spacial score (nSPS) is 25.4. The molecule has 0 aromatic heterocycles. The van der Waals surface area contributed by atoms with Crippen molar-refractivity contribution in [2.75, 3.05) is 20.1 Å². The molecule has 1 atom stereocenters. The third kappa shape index (κ3) is 3.95. The number of hydrogen-bond donors (Lipinski definition) is 1. The molecule has 1 N–H and O–H groups in total. The van der Waals surface area contributed by atoms with Crippen LogP contribution in [0.5, 0.6) is 0 Å². The number of nitrogens with zero attached hydrogens (tertiary/aromatic N) is 1. The second kappa shape index (κ2) is 6.45. The second-order valence-electron chi connectivity index (χ2n) is 4.99. The maximum Gasteiger partial charge on any atom is 0.222 e.